The highest BCUT2D eigenvalue weighted by atomic mass is 15.2. The molecule has 4 heteroatoms. The topological polar surface area (TPSA) is 34.3 Å². The number of nitrogens with one attached hydrogen (secondary N) is 2. The molecule has 0 aliphatic carbocycles. The van der Waals surface area contributed by atoms with Gasteiger partial charge in [0.2, 0.25) is 0 Å². The number of hydrogen-bond acceptors (Lipinski definition) is 3. The fourth-order valence-corrected chi connectivity index (χ4v) is 4.41. The molecule has 1 heterocycles. The van der Waals surface area contributed by atoms with Crippen LogP contribution in [0.2, 0.25) is 0 Å². The summed E-state index contributed by atoms with van der Waals surface area (Å²) in [6.07, 6.45) is 5.03. The molecule has 0 radical (unpaired) electrons. The van der Waals surface area contributed by atoms with Crippen molar-refractivity contribution in [2.24, 2.45) is 0 Å². The minimum atomic E-state index is 0.690. The number of likely N-dealkylation sites (N-methyl/N-ethyl adjacent to an activating group) is 2. The molecule has 3 aromatic rings. The first-order valence-corrected chi connectivity index (χ1v) is 12.2. The van der Waals surface area contributed by atoms with Crippen molar-refractivity contribution in [3.8, 4) is 11.3 Å². The highest BCUT2D eigenvalue weighted by Gasteiger charge is 2.13. The maximum absolute atomic E-state index is 3.66. The fraction of sp³-hybridized carbons (Fsp3) is 0.500. The number of hydrogen-bond donors (Lipinski definition) is 2. The van der Waals surface area contributed by atoms with E-state index in [1.54, 1.807) is 0 Å². The monoisotopic (exact) mass is 434 g/mol. The van der Waals surface area contributed by atoms with Crippen LogP contribution in [-0.4, -0.2) is 61.6 Å². The lowest BCUT2D eigenvalue weighted by atomic mass is 10.0. The number of benzene rings is 2. The molecule has 0 spiro atoms. The Bertz CT molecular complexity index is 959. The lowest BCUT2D eigenvalue weighted by Crippen LogP contribution is -2.37. The molecule has 0 saturated carbocycles. The summed E-state index contributed by atoms with van der Waals surface area (Å²) in [5.74, 6) is 0. The zero-order valence-corrected chi connectivity index (χ0v) is 20.7. The summed E-state index contributed by atoms with van der Waals surface area (Å²) in [5.41, 5.74) is 6.28. The van der Waals surface area contributed by atoms with Gasteiger partial charge in [-0.1, -0.05) is 43.2 Å². The Kier molecular flexibility index (Phi) is 9.34. The molecule has 1 unspecified atom stereocenters. The molecule has 0 fully saturated rings. The van der Waals surface area contributed by atoms with Gasteiger partial charge in [0.1, 0.15) is 0 Å². The van der Waals surface area contributed by atoms with Crippen molar-refractivity contribution in [2.45, 2.75) is 52.1 Å². The average molecular weight is 435 g/mol. The molecular formula is C28H42N4. The van der Waals surface area contributed by atoms with Crippen LogP contribution in [0.1, 0.15) is 43.7 Å². The summed E-state index contributed by atoms with van der Waals surface area (Å²) in [7, 11) is 6.59. The van der Waals surface area contributed by atoms with E-state index in [9.17, 15) is 0 Å². The van der Waals surface area contributed by atoms with Gasteiger partial charge in [-0.3, -0.25) is 0 Å². The van der Waals surface area contributed by atoms with Gasteiger partial charge in [-0.05, 0) is 89.3 Å². The van der Waals surface area contributed by atoms with Gasteiger partial charge in [0.25, 0.3) is 0 Å². The highest BCUT2D eigenvalue weighted by Crippen LogP contribution is 2.25. The molecule has 32 heavy (non-hydrogen) atoms. The molecule has 4 nitrogen and oxygen atoms in total. The number of rotatable bonds is 13. The second-order valence-corrected chi connectivity index (χ2v) is 9.52. The molecule has 3 rings (SSSR count). The summed E-state index contributed by atoms with van der Waals surface area (Å²) >= 11 is 0. The Labute approximate surface area is 195 Å². The van der Waals surface area contributed by atoms with Crippen LogP contribution < -0.4 is 5.32 Å². The van der Waals surface area contributed by atoms with Crippen LogP contribution in [0.4, 0.5) is 0 Å². The molecule has 2 N–H and O–H groups in total. The van der Waals surface area contributed by atoms with Crippen LogP contribution in [0.3, 0.4) is 0 Å². The smallest absolute Gasteiger partial charge is 0.0464 e. The van der Waals surface area contributed by atoms with E-state index < -0.39 is 0 Å². The van der Waals surface area contributed by atoms with E-state index in [2.05, 4.69) is 104 Å². The normalized spacial score (nSPS) is 12.8. The lowest BCUT2D eigenvalue weighted by Gasteiger charge is -2.29. The molecule has 174 valence electrons. The maximum atomic E-state index is 3.66. The third-order valence-corrected chi connectivity index (χ3v) is 6.38. The Morgan fingerprint density at radius 2 is 1.81 bits per heavy atom. The van der Waals surface area contributed by atoms with Crippen molar-refractivity contribution >= 4 is 10.9 Å². The molecule has 0 bridgehead atoms. The van der Waals surface area contributed by atoms with Gasteiger partial charge in [0, 0.05) is 42.3 Å². The summed E-state index contributed by atoms with van der Waals surface area (Å²) in [5, 5.41) is 4.94. The first-order chi connectivity index (χ1) is 15.5. The molecule has 0 amide bonds. The van der Waals surface area contributed by atoms with Crippen LogP contribution >= 0.6 is 0 Å². The van der Waals surface area contributed by atoms with E-state index in [0.717, 1.165) is 26.2 Å². The summed E-state index contributed by atoms with van der Waals surface area (Å²) in [6.45, 7) is 8.70. The minimum absolute atomic E-state index is 0.690. The largest absolute Gasteiger partial charge is 0.355 e. The van der Waals surface area contributed by atoms with E-state index in [-0.39, 0.29) is 0 Å². The molecular weight excluding hydrogens is 392 g/mol. The van der Waals surface area contributed by atoms with Crippen LogP contribution in [0.5, 0.6) is 0 Å². The SMILES string of the molecule is CCCC(CCCNCc1cccc(-c2cc3cc(C)ccc3[nH]2)c1)N(C)CCN(C)C. The third kappa shape index (κ3) is 7.19. The fourth-order valence-electron chi connectivity index (χ4n) is 4.41. The van der Waals surface area contributed by atoms with Crippen molar-refractivity contribution < 1.29 is 0 Å². The number of H-pyrrole nitrogens is 1. The second kappa shape index (κ2) is 12.2. The van der Waals surface area contributed by atoms with E-state index in [4.69, 9.17) is 0 Å². The van der Waals surface area contributed by atoms with Crippen molar-refractivity contribution in [3.63, 3.8) is 0 Å². The van der Waals surface area contributed by atoms with Gasteiger partial charge in [0.15, 0.2) is 0 Å². The molecule has 1 atom stereocenters. The zero-order chi connectivity index (χ0) is 22.9. The standard InChI is InChI=1S/C28H42N4/c1-6-9-26(32(5)17-16-31(3)4)12-8-15-29-21-23-10-7-11-24(19-23)28-20-25-18-22(2)13-14-27(25)30-28/h7,10-11,13-14,18-20,26,29-30H,6,8-9,12,15-17,21H2,1-5H3. The van der Waals surface area contributed by atoms with E-state index in [1.807, 2.05) is 0 Å². The third-order valence-electron chi connectivity index (χ3n) is 6.38. The van der Waals surface area contributed by atoms with E-state index in [1.165, 1.54) is 59.0 Å². The summed E-state index contributed by atoms with van der Waals surface area (Å²) < 4.78 is 0. The first-order valence-electron chi connectivity index (χ1n) is 12.2. The van der Waals surface area contributed by atoms with E-state index in [0.29, 0.717) is 6.04 Å². The minimum Gasteiger partial charge on any atom is -0.355 e. The average Bonchev–Trinajstić information content (AvgIpc) is 3.20. The van der Waals surface area contributed by atoms with Crippen molar-refractivity contribution in [1.29, 1.82) is 0 Å². The quantitative estimate of drug-likeness (QED) is 0.340. The highest BCUT2D eigenvalue weighted by molar-refractivity contribution is 5.86. The van der Waals surface area contributed by atoms with Gasteiger partial charge in [-0.2, -0.15) is 0 Å². The van der Waals surface area contributed by atoms with E-state index >= 15 is 0 Å². The first kappa shape index (κ1) is 24.5. The Morgan fingerprint density at radius 3 is 2.59 bits per heavy atom. The van der Waals surface area contributed by atoms with Crippen molar-refractivity contribution in [2.75, 3.05) is 40.8 Å². The Morgan fingerprint density at radius 1 is 0.969 bits per heavy atom. The summed E-state index contributed by atoms with van der Waals surface area (Å²) in [6, 6.07) is 18.4. The van der Waals surface area contributed by atoms with Crippen LogP contribution in [0.15, 0.2) is 48.5 Å². The number of nitrogens with zero attached hydrogens (tertiary/aromatic N) is 2. The summed E-state index contributed by atoms with van der Waals surface area (Å²) in [4.78, 5) is 8.39. The predicted octanol–water partition coefficient (Wildman–Crippen LogP) is 5.68. The van der Waals surface area contributed by atoms with Gasteiger partial charge >= 0.3 is 0 Å². The number of aromatic amines is 1. The molecule has 0 saturated heterocycles. The zero-order valence-electron chi connectivity index (χ0n) is 20.7. The Hall–Kier alpha value is -2.14. The van der Waals surface area contributed by atoms with Gasteiger partial charge in [-0.15, -0.1) is 0 Å². The molecule has 2 aromatic carbocycles. The number of aryl methyl sites for hydroxylation is 1. The van der Waals surface area contributed by atoms with Crippen molar-refractivity contribution in [3.05, 3.63) is 59.7 Å². The molecule has 0 aliphatic heterocycles. The van der Waals surface area contributed by atoms with Crippen LogP contribution in [0.25, 0.3) is 22.2 Å². The van der Waals surface area contributed by atoms with Crippen molar-refractivity contribution in [1.82, 2.24) is 20.1 Å². The maximum Gasteiger partial charge on any atom is 0.0464 e. The molecule has 0 aliphatic rings. The molecule has 1 aromatic heterocycles. The second-order valence-electron chi connectivity index (χ2n) is 9.52. The van der Waals surface area contributed by atoms with Gasteiger partial charge < -0.3 is 20.1 Å². The van der Waals surface area contributed by atoms with Gasteiger partial charge in [0.05, 0.1) is 0 Å². The van der Waals surface area contributed by atoms with Crippen LogP contribution in [0, 0.1) is 6.92 Å². The predicted molar refractivity (Wildman–Crippen MR) is 139 cm³/mol. The Balaban J connectivity index is 1.48. The van der Waals surface area contributed by atoms with Crippen LogP contribution in [-0.2, 0) is 6.54 Å². The number of aromatic nitrogens is 1. The van der Waals surface area contributed by atoms with Gasteiger partial charge in [-0.25, -0.2) is 0 Å². The lowest BCUT2D eigenvalue weighted by molar-refractivity contribution is 0.195. The number of fused-ring (bicyclic) bond motifs is 1.